The number of anilines is 1. The summed E-state index contributed by atoms with van der Waals surface area (Å²) in [4.78, 5) is 4.32. The van der Waals surface area contributed by atoms with Gasteiger partial charge in [0.15, 0.2) is 0 Å². The Morgan fingerprint density at radius 2 is 2.18 bits per heavy atom. The molecule has 0 heterocycles. The van der Waals surface area contributed by atoms with Crippen molar-refractivity contribution in [2.75, 3.05) is 11.9 Å². The molecule has 0 atom stereocenters. The van der Waals surface area contributed by atoms with E-state index in [1.807, 2.05) is 0 Å². The highest BCUT2D eigenvalue weighted by atomic mass is 15.3. The Morgan fingerprint density at radius 1 is 1.35 bits per heavy atom. The minimum atomic E-state index is 0.629. The third-order valence-corrected chi connectivity index (χ3v) is 2.99. The molecule has 0 fully saturated rings. The SMILES string of the molecule is CCCN=C(NN)Nc1ccc2c(c1)CCC2. The Balaban J connectivity index is 2.07. The molecule has 0 spiro atoms. The number of hydrogen-bond donors (Lipinski definition) is 3. The van der Waals surface area contributed by atoms with Gasteiger partial charge in [-0.15, -0.1) is 0 Å². The molecule has 4 nitrogen and oxygen atoms in total. The van der Waals surface area contributed by atoms with E-state index in [-0.39, 0.29) is 0 Å². The van der Waals surface area contributed by atoms with Gasteiger partial charge in [-0.1, -0.05) is 13.0 Å². The standard InChI is InChI=1S/C13H20N4/c1-2-8-15-13(17-14)16-12-7-6-10-4-3-5-11(10)9-12/h6-7,9H,2-5,8,14H2,1H3,(H2,15,16,17). The van der Waals surface area contributed by atoms with Gasteiger partial charge in [0, 0.05) is 12.2 Å². The minimum Gasteiger partial charge on any atom is -0.325 e. The Morgan fingerprint density at radius 3 is 2.94 bits per heavy atom. The van der Waals surface area contributed by atoms with Crippen LogP contribution in [0.4, 0.5) is 5.69 Å². The molecule has 0 aliphatic heterocycles. The number of nitrogens with zero attached hydrogens (tertiary/aromatic N) is 1. The van der Waals surface area contributed by atoms with Crippen LogP contribution >= 0.6 is 0 Å². The van der Waals surface area contributed by atoms with Crippen molar-refractivity contribution < 1.29 is 0 Å². The van der Waals surface area contributed by atoms with E-state index in [4.69, 9.17) is 5.84 Å². The van der Waals surface area contributed by atoms with Crippen molar-refractivity contribution >= 4 is 11.6 Å². The van der Waals surface area contributed by atoms with Crippen molar-refractivity contribution in [2.45, 2.75) is 32.6 Å². The Hall–Kier alpha value is -1.55. The van der Waals surface area contributed by atoms with Crippen LogP contribution in [0.1, 0.15) is 30.9 Å². The molecule has 0 amide bonds. The molecule has 1 aromatic rings. The van der Waals surface area contributed by atoms with Crippen molar-refractivity contribution in [1.82, 2.24) is 5.43 Å². The second kappa shape index (κ2) is 5.68. The van der Waals surface area contributed by atoms with E-state index in [0.717, 1.165) is 18.7 Å². The number of hydrogen-bond acceptors (Lipinski definition) is 2. The van der Waals surface area contributed by atoms with Crippen LogP contribution in [0, 0.1) is 0 Å². The Labute approximate surface area is 102 Å². The molecule has 0 radical (unpaired) electrons. The summed E-state index contributed by atoms with van der Waals surface area (Å²) >= 11 is 0. The lowest BCUT2D eigenvalue weighted by molar-refractivity contribution is 0.905. The molecule has 2 rings (SSSR count). The summed E-state index contributed by atoms with van der Waals surface area (Å²) in [5, 5.41) is 3.21. The Bertz CT molecular complexity index is 412. The molecule has 1 aliphatic rings. The summed E-state index contributed by atoms with van der Waals surface area (Å²) < 4.78 is 0. The number of aryl methyl sites for hydroxylation is 2. The first kappa shape index (κ1) is 11.9. The van der Waals surface area contributed by atoms with Crippen LogP contribution < -0.4 is 16.6 Å². The maximum absolute atomic E-state index is 5.43. The number of fused-ring (bicyclic) bond motifs is 1. The maximum Gasteiger partial charge on any atom is 0.210 e. The molecule has 0 saturated heterocycles. The zero-order valence-electron chi connectivity index (χ0n) is 10.3. The first-order valence-corrected chi connectivity index (χ1v) is 6.23. The fraction of sp³-hybridized carbons (Fsp3) is 0.462. The second-order valence-corrected chi connectivity index (χ2v) is 4.34. The highest BCUT2D eigenvalue weighted by Gasteiger charge is 2.10. The van der Waals surface area contributed by atoms with Crippen molar-refractivity contribution in [3.05, 3.63) is 29.3 Å². The third kappa shape index (κ3) is 2.97. The maximum atomic E-state index is 5.43. The highest BCUT2D eigenvalue weighted by Crippen LogP contribution is 2.24. The number of aliphatic imine (C=N–C) groups is 1. The van der Waals surface area contributed by atoms with Gasteiger partial charge in [-0.2, -0.15) is 0 Å². The molecule has 0 saturated carbocycles. The summed E-state index contributed by atoms with van der Waals surface area (Å²) in [6, 6.07) is 6.47. The molecule has 4 heteroatoms. The van der Waals surface area contributed by atoms with Crippen LogP contribution in [0.5, 0.6) is 0 Å². The Kier molecular flexibility index (Phi) is 3.98. The predicted octanol–water partition coefficient (Wildman–Crippen LogP) is 1.82. The number of nitrogens with one attached hydrogen (secondary N) is 2. The van der Waals surface area contributed by atoms with Gasteiger partial charge < -0.3 is 5.32 Å². The summed E-state index contributed by atoms with van der Waals surface area (Å²) in [5.41, 5.74) is 6.57. The average molecular weight is 232 g/mol. The van der Waals surface area contributed by atoms with E-state index < -0.39 is 0 Å². The molecule has 17 heavy (non-hydrogen) atoms. The van der Waals surface area contributed by atoms with Crippen LogP contribution in [0.2, 0.25) is 0 Å². The number of hydrazine groups is 1. The van der Waals surface area contributed by atoms with Crippen molar-refractivity contribution in [1.29, 1.82) is 0 Å². The van der Waals surface area contributed by atoms with Gasteiger partial charge >= 0.3 is 0 Å². The quantitative estimate of drug-likeness (QED) is 0.322. The fourth-order valence-corrected chi connectivity index (χ4v) is 2.13. The van der Waals surface area contributed by atoms with Crippen molar-refractivity contribution in [2.24, 2.45) is 10.8 Å². The van der Waals surface area contributed by atoms with E-state index in [9.17, 15) is 0 Å². The van der Waals surface area contributed by atoms with Gasteiger partial charge in [-0.05, 0) is 48.9 Å². The molecule has 1 aliphatic carbocycles. The summed E-state index contributed by atoms with van der Waals surface area (Å²) in [6.07, 6.45) is 4.67. The van der Waals surface area contributed by atoms with Gasteiger partial charge in [-0.3, -0.25) is 10.4 Å². The average Bonchev–Trinajstić information content (AvgIpc) is 2.81. The van der Waals surface area contributed by atoms with Gasteiger partial charge in [0.1, 0.15) is 0 Å². The first-order valence-electron chi connectivity index (χ1n) is 6.23. The van der Waals surface area contributed by atoms with E-state index >= 15 is 0 Å². The minimum absolute atomic E-state index is 0.629. The molecule has 0 bridgehead atoms. The summed E-state index contributed by atoms with van der Waals surface area (Å²) in [6.45, 7) is 2.87. The third-order valence-electron chi connectivity index (χ3n) is 2.99. The van der Waals surface area contributed by atoms with Crippen LogP contribution in [0.15, 0.2) is 23.2 Å². The van der Waals surface area contributed by atoms with E-state index in [1.165, 1.54) is 30.4 Å². The number of rotatable bonds is 3. The van der Waals surface area contributed by atoms with E-state index in [1.54, 1.807) is 0 Å². The number of nitrogens with two attached hydrogens (primary N) is 1. The fourth-order valence-electron chi connectivity index (χ4n) is 2.13. The molecule has 92 valence electrons. The van der Waals surface area contributed by atoms with Crippen molar-refractivity contribution in [3.63, 3.8) is 0 Å². The normalized spacial score (nSPS) is 14.6. The van der Waals surface area contributed by atoms with Gasteiger partial charge in [0.2, 0.25) is 5.96 Å². The molecular formula is C13H20N4. The summed E-state index contributed by atoms with van der Waals surface area (Å²) in [5.74, 6) is 6.06. The van der Waals surface area contributed by atoms with Crippen LogP contribution in [0.3, 0.4) is 0 Å². The topological polar surface area (TPSA) is 62.4 Å². The second-order valence-electron chi connectivity index (χ2n) is 4.34. The zero-order valence-corrected chi connectivity index (χ0v) is 10.3. The molecule has 0 aromatic heterocycles. The van der Waals surface area contributed by atoms with E-state index in [2.05, 4.69) is 40.9 Å². The van der Waals surface area contributed by atoms with Gasteiger partial charge in [0.05, 0.1) is 0 Å². The zero-order chi connectivity index (χ0) is 12.1. The van der Waals surface area contributed by atoms with Gasteiger partial charge in [-0.25, -0.2) is 5.84 Å². The first-order chi connectivity index (χ1) is 8.33. The molecule has 4 N–H and O–H groups in total. The number of benzene rings is 1. The van der Waals surface area contributed by atoms with E-state index in [0.29, 0.717) is 5.96 Å². The lowest BCUT2D eigenvalue weighted by atomic mass is 10.1. The van der Waals surface area contributed by atoms with Crippen LogP contribution in [0.25, 0.3) is 0 Å². The molecular weight excluding hydrogens is 212 g/mol. The lowest BCUT2D eigenvalue weighted by Crippen LogP contribution is -2.36. The van der Waals surface area contributed by atoms with Crippen molar-refractivity contribution in [3.8, 4) is 0 Å². The predicted molar refractivity (Wildman–Crippen MR) is 72.0 cm³/mol. The van der Waals surface area contributed by atoms with Crippen LogP contribution in [-0.4, -0.2) is 12.5 Å². The summed E-state index contributed by atoms with van der Waals surface area (Å²) in [7, 11) is 0. The number of guanidine groups is 1. The van der Waals surface area contributed by atoms with Crippen LogP contribution in [-0.2, 0) is 12.8 Å². The molecule has 0 unspecified atom stereocenters. The largest absolute Gasteiger partial charge is 0.325 e. The van der Waals surface area contributed by atoms with Gasteiger partial charge in [0.25, 0.3) is 0 Å². The highest BCUT2D eigenvalue weighted by molar-refractivity contribution is 5.93. The molecule has 1 aromatic carbocycles. The lowest BCUT2D eigenvalue weighted by Gasteiger charge is -2.10. The smallest absolute Gasteiger partial charge is 0.210 e. The monoisotopic (exact) mass is 232 g/mol.